The van der Waals surface area contributed by atoms with Crippen LogP contribution in [0.3, 0.4) is 0 Å². The number of rotatable bonds is 5. The minimum atomic E-state index is -0.465. The van der Waals surface area contributed by atoms with Gasteiger partial charge in [-0.2, -0.15) is 0 Å². The molecule has 0 aliphatic rings. The number of benzene rings is 2. The van der Waals surface area contributed by atoms with E-state index in [0.717, 1.165) is 16.9 Å². The Morgan fingerprint density at radius 1 is 1.05 bits per heavy atom. The van der Waals surface area contributed by atoms with Gasteiger partial charge in [0.1, 0.15) is 5.75 Å². The molecule has 0 spiro atoms. The number of carbonyl (C=O) groups excluding carboxylic acids is 1. The summed E-state index contributed by atoms with van der Waals surface area (Å²) in [6.45, 7) is 4.44. The predicted octanol–water partition coefficient (Wildman–Crippen LogP) is 3.43. The van der Waals surface area contributed by atoms with Crippen molar-refractivity contribution in [1.29, 1.82) is 0 Å². The predicted molar refractivity (Wildman–Crippen MR) is 87.8 cm³/mol. The van der Waals surface area contributed by atoms with Crippen molar-refractivity contribution in [3.63, 3.8) is 0 Å². The monoisotopic (exact) mass is 298 g/mol. The number of methoxy groups -OCH3 is 1. The second-order valence-electron chi connectivity index (χ2n) is 5.65. The van der Waals surface area contributed by atoms with Gasteiger partial charge >= 0.3 is 6.03 Å². The van der Waals surface area contributed by atoms with Gasteiger partial charge < -0.3 is 15.4 Å². The number of amides is 2. The lowest BCUT2D eigenvalue weighted by molar-refractivity contribution is 0.229. The minimum Gasteiger partial charge on any atom is -0.497 e. The van der Waals surface area contributed by atoms with Gasteiger partial charge in [-0.3, -0.25) is 0 Å². The fourth-order valence-corrected chi connectivity index (χ4v) is 2.19. The molecule has 0 aromatic heterocycles. The SMILES string of the molecule is COc1ccc(C(C)(C)NC(=O)NCc2ccccc2)cc1. The summed E-state index contributed by atoms with van der Waals surface area (Å²) in [4.78, 5) is 12.1. The van der Waals surface area contributed by atoms with Gasteiger partial charge in [0.15, 0.2) is 0 Å². The Morgan fingerprint density at radius 3 is 2.27 bits per heavy atom. The number of hydrogen-bond acceptors (Lipinski definition) is 2. The van der Waals surface area contributed by atoms with E-state index in [1.165, 1.54) is 0 Å². The fourth-order valence-electron chi connectivity index (χ4n) is 2.19. The molecule has 0 saturated carbocycles. The fraction of sp³-hybridized carbons (Fsp3) is 0.278. The molecule has 116 valence electrons. The summed E-state index contributed by atoms with van der Waals surface area (Å²) < 4.78 is 5.15. The second-order valence-corrected chi connectivity index (χ2v) is 5.65. The topological polar surface area (TPSA) is 50.4 Å². The quantitative estimate of drug-likeness (QED) is 0.888. The summed E-state index contributed by atoms with van der Waals surface area (Å²) in [6, 6.07) is 17.3. The number of urea groups is 1. The van der Waals surface area contributed by atoms with Crippen LogP contribution in [0.5, 0.6) is 5.75 Å². The Labute approximate surface area is 131 Å². The summed E-state index contributed by atoms with van der Waals surface area (Å²) in [5.41, 5.74) is 1.62. The first kappa shape index (κ1) is 15.9. The zero-order valence-corrected chi connectivity index (χ0v) is 13.2. The van der Waals surface area contributed by atoms with Crippen LogP contribution in [0.4, 0.5) is 4.79 Å². The maximum absolute atomic E-state index is 12.1. The molecule has 2 aromatic carbocycles. The van der Waals surface area contributed by atoms with Gasteiger partial charge in [0.05, 0.1) is 12.6 Å². The van der Waals surface area contributed by atoms with E-state index < -0.39 is 5.54 Å². The first-order valence-corrected chi connectivity index (χ1v) is 7.26. The normalized spacial score (nSPS) is 10.9. The van der Waals surface area contributed by atoms with Crippen molar-refractivity contribution in [2.45, 2.75) is 25.9 Å². The first-order valence-electron chi connectivity index (χ1n) is 7.26. The first-order chi connectivity index (χ1) is 10.5. The molecule has 0 aliphatic carbocycles. The summed E-state index contributed by atoms with van der Waals surface area (Å²) in [5, 5.41) is 5.86. The van der Waals surface area contributed by atoms with Crippen LogP contribution in [0.2, 0.25) is 0 Å². The highest BCUT2D eigenvalue weighted by atomic mass is 16.5. The molecule has 0 atom stereocenters. The summed E-state index contributed by atoms with van der Waals surface area (Å²) in [6.07, 6.45) is 0. The molecule has 4 nitrogen and oxygen atoms in total. The molecule has 0 heterocycles. The van der Waals surface area contributed by atoms with Crippen molar-refractivity contribution in [3.05, 3.63) is 65.7 Å². The molecule has 2 N–H and O–H groups in total. The van der Waals surface area contributed by atoms with Gasteiger partial charge in [-0.05, 0) is 37.1 Å². The van der Waals surface area contributed by atoms with Crippen LogP contribution in [0.15, 0.2) is 54.6 Å². The Hall–Kier alpha value is -2.49. The summed E-state index contributed by atoms with van der Waals surface area (Å²) in [7, 11) is 1.63. The molecule has 0 aliphatic heterocycles. The molecular weight excluding hydrogens is 276 g/mol. The lowest BCUT2D eigenvalue weighted by Gasteiger charge is -2.27. The lowest BCUT2D eigenvalue weighted by atomic mass is 9.94. The highest BCUT2D eigenvalue weighted by Gasteiger charge is 2.22. The van der Waals surface area contributed by atoms with Crippen LogP contribution in [0.25, 0.3) is 0 Å². The third-order valence-corrected chi connectivity index (χ3v) is 3.53. The number of nitrogens with one attached hydrogen (secondary N) is 2. The van der Waals surface area contributed by atoms with E-state index in [2.05, 4.69) is 10.6 Å². The van der Waals surface area contributed by atoms with Crippen LogP contribution in [-0.2, 0) is 12.1 Å². The van der Waals surface area contributed by atoms with Gasteiger partial charge in [0, 0.05) is 6.54 Å². The van der Waals surface area contributed by atoms with Crippen LogP contribution in [0.1, 0.15) is 25.0 Å². The largest absolute Gasteiger partial charge is 0.497 e. The zero-order chi connectivity index (χ0) is 16.0. The molecule has 0 saturated heterocycles. The molecule has 2 amide bonds. The molecule has 2 rings (SSSR count). The molecule has 4 heteroatoms. The van der Waals surface area contributed by atoms with E-state index in [-0.39, 0.29) is 6.03 Å². The van der Waals surface area contributed by atoms with Crippen molar-refractivity contribution in [2.75, 3.05) is 7.11 Å². The highest BCUT2D eigenvalue weighted by molar-refractivity contribution is 5.75. The van der Waals surface area contributed by atoms with Crippen LogP contribution < -0.4 is 15.4 Å². The lowest BCUT2D eigenvalue weighted by Crippen LogP contribution is -2.46. The number of carbonyl (C=O) groups is 1. The molecule has 0 fully saturated rings. The molecule has 0 radical (unpaired) electrons. The Balaban J connectivity index is 1.93. The molecule has 2 aromatic rings. The van der Waals surface area contributed by atoms with Crippen molar-refractivity contribution < 1.29 is 9.53 Å². The average molecular weight is 298 g/mol. The van der Waals surface area contributed by atoms with Gasteiger partial charge in [-0.1, -0.05) is 42.5 Å². The van der Waals surface area contributed by atoms with Crippen LogP contribution in [0, 0.1) is 0 Å². The number of ether oxygens (including phenoxy) is 1. The smallest absolute Gasteiger partial charge is 0.315 e. The van der Waals surface area contributed by atoms with Gasteiger partial charge in [0.2, 0.25) is 0 Å². The molecule has 0 bridgehead atoms. The number of hydrogen-bond donors (Lipinski definition) is 2. The van der Waals surface area contributed by atoms with Crippen molar-refractivity contribution in [1.82, 2.24) is 10.6 Å². The average Bonchev–Trinajstić information content (AvgIpc) is 2.53. The summed E-state index contributed by atoms with van der Waals surface area (Å²) in [5.74, 6) is 0.799. The van der Waals surface area contributed by atoms with Gasteiger partial charge in [-0.25, -0.2) is 4.79 Å². The minimum absolute atomic E-state index is 0.190. The Bertz CT molecular complexity index is 607. The van der Waals surface area contributed by atoms with Gasteiger partial charge in [0.25, 0.3) is 0 Å². The standard InChI is InChI=1S/C18H22N2O2/c1-18(2,15-9-11-16(22-3)12-10-15)20-17(21)19-13-14-7-5-4-6-8-14/h4-12H,13H2,1-3H3,(H2,19,20,21). The molecule has 22 heavy (non-hydrogen) atoms. The van der Waals surface area contributed by atoms with E-state index in [1.54, 1.807) is 7.11 Å². The van der Waals surface area contributed by atoms with Crippen LogP contribution in [-0.4, -0.2) is 13.1 Å². The van der Waals surface area contributed by atoms with Crippen molar-refractivity contribution in [2.24, 2.45) is 0 Å². The van der Waals surface area contributed by atoms with E-state index in [9.17, 15) is 4.79 Å². The van der Waals surface area contributed by atoms with E-state index in [4.69, 9.17) is 4.74 Å². The molecule has 0 unspecified atom stereocenters. The molecular formula is C18H22N2O2. The maximum atomic E-state index is 12.1. The summed E-state index contributed by atoms with van der Waals surface area (Å²) >= 11 is 0. The van der Waals surface area contributed by atoms with Crippen molar-refractivity contribution >= 4 is 6.03 Å². The third-order valence-electron chi connectivity index (χ3n) is 3.53. The van der Waals surface area contributed by atoms with E-state index >= 15 is 0 Å². The van der Waals surface area contributed by atoms with Gasteiger partial charge in [-0.15, -0.1) is 0 Å². The van der Waals surface area contributed by atoms with E-state index in [0.29, 0.717) is 6.54 Å². The highest BCUT2D eigenvalue weighted by Crippen LogP contribution is 2.22. The third kappa shape index (κ3) is 4.25. The zero-order valence-electron chi connectivity index (χ0n) is 13.2. The van der Waals surface area contributed by atoms with E-state index in [1.807, 2.05) is 68.4 Å². The maximum Gasteiger partial charge on any atom is 0.315 e. The second kappa shape index (κ2) is 6.98. The van der Waals surface area contributed by atoms with Crippen molar-refractivity contribution in [3.8, 4) is 5.75 Å². The Morgan fingerprint density at radius 2 is 1.68 bits per heavy atom. The van der Waals surface area contributed by atoms with Crippen LogP contribution >= 0.6 is 0 Å². The Kier molecular flexibility index (Phi) is 5.04.